The zero-order valence-corrected chi connectivity index (χ0v) is 13.3. The maximum absolute atomic E-state index is 12.1. The van der Waals surface area contributed by atoms with Gasteiger partial charge in [0, 0.05) is 19.5 Å². The lowest BCUT2D eigenvalue weighted by Gasteiger charge is -2.26. The number of ether oxygens (including phenoxy) is 2. The molecule has 122 valence electrons. The van der Waals surface area contributed by atoms with Crippen molar-refractivity contribution in [3.8, 4) is 5.75 Å². The van der Waals surface area contributed by atoms with E-state index in [0.29, 0.717) is 51.4 Å². The summed E-state index contributed by atoms with van der Waals surface area (Å²) in [5, 5.41) is 0. The molecule has 1 amide bonds. The molecule has 0 aromatic heterocycles. The van der Waals surface area contributed by atoms with Crippen LogP contribution in [0, 0.1) is 0 Å². The highest BCUT2D eigenvalue weighted by molar-refractivity contribution is 5.76. The molecule has 0 atom stereocenters. The molecule has 5 nitrogen and oxygen atoms in total. The highest BCUT2D eigenvalue weighted by atomic mass is 16.5. The molecule has 2 rings (SSSR count). The zero-order chi connectivity index (χ0) is 15.8. The Hall–Kier alpha value is -1.75. The van der Waals surface area contributed by atoms with Crippen molar-refractivity contribution < 1.29 is 14.3 Å². The number of anilines is 1. The van der Waals surface area contributed by atoms with Crippen molar-refractivity contribution in [1.82, 2.24) is 4.90 Å². The fourth-order valence-electron chi connectivity index (χ4n) is 2.43. The van der Waals surface area contributed by atoms with Gasteiger partial charge in [0.25, 0.3) is 0 Å². The van der Waals surface area contributed by atoms with Gasteiger partial charge in [0.05, 0.1) is 25.5 Å². The van der Waals surface area contributed by atoms with E-state index in [0.717, 1.165) is 24.2 Å². The highest BCUT2D eigenvalue weighted by Gasteiger charge is 2.16. The maximum Gasteiger partial charge on any atom is 0.223 e. The number of carbonyl (C=O) groups excluding carboxylic acids is 1. The molecule has 1 fully saturated rings. The predicted molar refractivity (Wildman–Crippen MR) is 87.0 cm³/mol. The Morgan fingerprint density at radius 3 is 2.82 bits per heavy atom. The lowest BCUT2D eigenvalue weighted by atomic mass is 10.1. The average Bonchev–Trinajstić information content (AvgIpc) is 2.55. The van der Waals surface area contributed by atoms with E-state index in [1.807, 2.05) is 23.1 Å². The van der Waals surface area contributed by atoms with Crippen LogP contribution in [0.2, 0.25) is 0 Å². The Morgan fingerprint density at radius 1 is 1.36 bits per heavy atom. The topological polar surface area (TPSA) is 64.8 Å². The van der Waals surface area contributed by atoms with Gasteiger partial charge >= 0.3 is 0 Å². The third-order valence-corrected chi connectivity index (χ3v) is 3.82. The lowest BCUT2D eigenvalue weighted by molar-refractivity contribution is -0.135. The molecule has 1 aliphatic rings. The molecule has 1 aliphatic heterocycles. The van der Waals surface area contributed by atoms with Gasteiger partial charge in [-0.15, -0.1) is 0 Å². The zero-order valence-electron chi connectivity index (χ0n) is 13.3. The van der Waals surface area contributed by atoms with E-state index in [1.165, 1.54) is 0 Å². The lowest BCUT2D eigenvalue weighted by Crippen LogP contribution is -2.40. The van der Waals surface area contributed by atoms with Gasteiger partial charge in [0.2, 0.25) is 5.91 Å². The Labute approximate surface area is 132 Å². The van der Waals surface area contributed by atoms with Crippen molar-refractivity contribution in [3.63, 3.8) is 0 Å². The number of nitrogen functional groups attached to an aromatic ring is 1. The predicted octanol–water partition coefficient (Wildman–Crippen LogP) is 2.24. The minimum absolute atomic E-state index is 0.185. The molecule has 0 radical (unpaired) electrons. The summed E-state index contributed by atoms with van der Waals surface area (Å²) in [7, 11) is 0. The first-order valence-corrected chi connectivity index (χ1v) is 8.07. The molecule has 0 spiro atoms. The van der Waals surface area contributed by atoms with Crippen LogP contribution < -0.4 is 10.5 Å². The van der Waals surface area contributed by atoms with E-state index in [4.69, 9.17) is 15.2 Å². The Kier molecular flexibility index (Phi) is 6.52. The summed E-state index contributed by atoms with van der Waals surface area (Å²) in [5.41, 5.74) is 7.73. The fraction of sp³-hybridized carbons (Fsp3) is 0.588. The SMILES string of the molecule is CCCCOc1ccc(CCC(=O)N2CCOCC2)cc1N. The molecule has 1 aromatic carbocycles. The first-order valence-electron chi connectivity index (χ1n) is 8.07. The summed E-state index contributed by atoms with van der Waals surface area (Å²) in [5.74, 6) is 0.918. The standard InChI is InChI=1S/C17H26N2O3/c1-2-3-10-22-16-6-4-14(13-15(16)18)5-7-17(20)19-8-11-21-12-9-19/h4,6,13H,2-3,5,7-12,18H2,1H3. The number of nitrogens with zero attached hydrogens (tertiary/aromatic N) is 1. The molecule has 1 heterocycles. The number of rotatable bonds is 7. The number of nitrogens with two attached hydrogens (primary N) is 1. The minimum Gasteiger partial charge on any atom is -0.491 e. The van der Waals surface area contributed by atoms with E-state index in [1.54, 1.807) is 0 Å². The van der Waals surface area contributed by atoms with Crippen molar-refractivity contribution in [2.75, 3.05) is 38.6 Å². The normalized spacial score (nSPS) is 14.9. The molecular weight excluding hydrogens is 280 g/mol. The summed E-state index contributed by atoms with van der Waals surface area (Å²) >= 11 is 0. The number of amides is 1. The molecule has 22 heavy (non-hydrogen) atoms. The van der Waals surface area contributed by atoms with Gasteiger partial charge in [-0.2, -0.15) is 0 Å². The van der Waals surface area contributed by atoms with Crippen LogP contribution in [0.25, 0.3) is 0 Å². The first-order chi connectivity index (χ1) is 10.7. The largest absolute Gasteiger partial charge is 0.491 e. The number of carbonyl (C=O) groups is 1. The van der Waals surface area contributed by atoms with E-state index < -0.39 is 0 Å². The van der Waals surface area contributed by atoms with Gasteiger partial charge in [0.15, 0.2) is 0 Å². The summed E-state index contributed by atoms with van der Waals surface area (Å²) in [4.78, 5) is 14.0. The van der Waals surface area contributed by atoms with Crippen molar-refractivity contribution in [2.24, 2.45) is 0 Å². The number of morpholine rings is 1. The van der Waals surface area contributed by atoms with Crippen LogP contribution in [-0.2, 0) is 16.0 Å². The van der Waals surface area contributed by atoms with Gasteiger partial charge in [-0.3, -0.25) is 4.79 Å². The molecule has 2 N–H and O–H groups in total. The molecular formula is C17H26N2O3. The summed E-state index contributed by atoms with van der Waals surface area (Å²) in [6.07, 6.45) is 3.34. The maximum atomic E-state index is 12.1. The van der Waals surface area contributed by atoms with Crippen molar-refractivity contribution in [1.29, 1.82) is 0 Å². The van der Waals surface area contributed by atoms with Crippen molar-refractivity contribution >= 4 is 11.6 Å². The molecule has 0 aliphatic carbocycles. The number of hydrogen-bond donors (Lipinski definition) is 1. The monoisotopic (exact) mass is 306 g/mol. The van der Waals surface area contributed by atoms with E-state index in [9.17, 15) is 4.79 Å². The summed E-state index contributed by atoms with van der Waals surface area (Å²) in [6, 6.07) is 5.80. The Bertz CT molecular complexity index is 485. The minimum atomic E-state index is 0.185. The third-order valence-electron chi connectivity index (χ3n) is 3.82. The quantitative estimate of drug-likeness (QED) is 0.620. The van der Waals surface area contributed by atoms with Gasteiger partial charge in [0.1, 0.15) is 5.75 Å². The first kappa shape index (κ1) is 16.6. The van der Waals surface area contributed by atoms with Crippen LogP contribution in [0.3, 0.4) is 0 Å². The van der Waals surface area contributed by atoms with Crippen LogP contribution in [-0.4, -0.2) is 43.7 Å². The van der Waals surface area contributed by atoms with Crippen LogP contribution in [0.5, 0.6) is 5.75 Å². The number of hydrogen-bond acceptors (Lipinski definition) is 4. The molecule has 0 unspecified atom stereocenters. The fourth-order valence-corrected chi connectivity index (χ4v) is 2.43. The number of benzene rings is 1. The Balaban J connectivity index is 1.82. The smallest absolute Gasteiger partial charge is 0.223 e. The second-order valence-electron chi connectivity index (χ2n) is 5.57. The van der Waals surface area contributed by atoms with Crippen molar-refractivity contribution in [3.05, 3.63) is 23.8 Å². The van der Waals surface area contributed by atoms with Crippen molar-refractivity contribution in [2.45, 2.75) is 32.6 Å². The van der Waals surface area contributed by atoms with Gasteiger partial charge in [-0.05, 0) is 30.5 Å². The van der Waals surface area contributed by atoms with E-state index in [-0.39, 0.29) is 5.91 Å². The Morgan fingerprint density at radius 2 is 2.14 bits per heavy atom. The summed E-state index contributed by atoms with van der Waals surface area (Å²) < 4.78 is 10.9. The van der Waals surface area contributed by atoms with Crippen LogP contribution >= 0.6 is 0 Å². The van der Waals surface area contributed by atoms with E-state index in [2.05, 4.69) is 6.92 Å². The molecule has 1 saturated heterocycles. The molecule has 5 heteroatoms. The molecule has 0 saturated carbocycles. The number of unbranched alkanes of at least 4 members (excludes halogenated alkanes) is 1. The molecule has 1 aromatic rings. The van der Waals surface area contributed by atoms with Crippen LogP contribution in [0.1, 0.15) is 31.7 Å². The molecule has 0 bridgehead atoms. The van der Waals surface area contributed by atoms with Crippen LogP contribution in [0.15, 0.2) is 18.2 Å². The second-order valence-corrected chi connectivity index (χ2v) is 5.57. The highest BCUT2D eigenvalue weighted by Crippen LogP contribution is 2.23. The van der Waals surface area contributed by atoms with Gasteiger partial charge in [-0.25, -0.2) is 0 Å². The van der Waals surface area contributed by atoms with Gasteiger partial charge in [-0.1, -0.05) is 19.4 Å². The van der Waals surface area contributed by atoms with Gasteiger partial charge < -0.3 is 20.1 Å². The third kappa shape index (κ3) is 4.91. The van der Waals surface area contributed by atoms with Crippen LogP contribution in [0.4, 0.5) is 5.69 Å². The number of aryl methyl sites for hydroxylation is 1. The van der Waals surface area contributed by atoms with E-state index >= 15 is 0 Å². The second kappa shape index (κ2) is 8.63. The summed E-state index contributed by atoms with van der Waals surface area (Å²) in [6.45, 7) is 5.50. The average molecular weight is 306 g/mol.